The zero-order valence-electron chi connectivity index (χ0n) is 17.9. The molecule has 0 unspecified atom stereocenters. The van der Waals surface area contributed by atoms with Gasteiger partial charge in [0.25, 0.3) is 0 Å². The van der Waals surface area contributed by atoms with Crippen LogP contribution in [0.15, 0.2) is 91.0 Å². The van der Waals surface area contributed by atoms with Crippen LogP contribution < -0.4 is 15.9 Å². The Morgan fingerprint density at radius 3 is 1.53 bits per heavy atom. The van der Waals surface area contributed by atoms with Gasteiger partial charge >= 0.3 is 0 Å². The Morgan fingerprint density at radius 2 is 1.20 bits per heavy atom. The molecule has 2 saturated carbocycles. The van der Waals surface area contributed by atoms with E-state index in [9.17, 15) is 4.79 Å². The minimum Gasteiger partial charge on any atom is -0.299 e. The number of hydrogen-bond donors (Lipinski definition) is 0. The highest BCUT2D eigenvalue weighted by atomic mass is 31.2. The maximum atomic E-state index is 13.6. The van der Waals surface area contributed by atoms with Gasteiger partial charge in [0.05, 0.1) is 11.6 Å². The smallest absolute Gasteiger partial charge is 0.143 e. The van der Waals surface area contributed by atoms with Crippen LogP contribution in [0.4, 0.5) is 0 Å². The molecule has 2 aliphatic rings. The first kappa shape index (κ1) is 19.7. The van der Waals surface area contributed by atoms with E-state index in [0.29, 0.717) is 11.7 Å². The number of Topliss-reactive ketones (excluding diaryl/α,β-unsaturated/α-hetero) is 1. The highest BCUT2D eigenvalue weighted by Crippen LogP contribution is 2.71. The lowest BCUT2D eigenvalue weighted by atomic mass is 9.70. The third kappa shape index (κ3) is 2.68. The Labute approximate surface area is 180 Å². The second-order valence-electron chi connectivity index (χ2n) is 9.64. The van der Waals surface area contributed by atoms with Crippen molar-refractivity contribution in [2.75, 3.05) is 6.16 Å². The lowest BCUT2D eigenvalue weighted by molar-refractivity contribution is -0.127. The van der Waals surface area contributed by atoms with Gasteiger partial charge in [0.15, 0.2) is 0 Å². The fourth-order valence-electron chi connectivity index (χ4n) is 6.31. The Balaban J connectivity index is 1.80. The molecular formula is C28H30OP+. The molecule has 0 radical (unpaired) electrons. The summed E-state index contributed by atoms with van der Waals surface area (Å²) in [6.07, 6.45) is 3.95. The molecule has 3 aromatic carbocycles. The van der Waals surface area contributed by atoms with Crippen molar-refractivity contribution in [2.24, 2.45) is 16.7 Å². The number of benzene rings is 3. The van der Waals surface area contributed by atoms with Crippen molar-refractivity contribution >= 4 is 29.0 Å². The predicted octanol–water partition coefficient (Wildman–Crippen LogP) is 5.38. The predicted molar refractivity (Wildman–Crippen MR) is 129 cm³/mol. The van der Waals surface area contributed by atoms with Crippen LogP contribution in [0.2, 0.25) is 0 Å². The van der Waals surface area contributed by atoms with E-state index < -0.39 is 7.26 Å². The molecule has 0 heterocycles. The number of carbonyl (C=O) groups excluding carboxylic acids is 1. The average molecular weight is 414 g/mol. The topological polar surface area (TPSA) is 17.1 Å². The molecule has 2 heteroatoms. The molecule has 30 heavy (non-hydrogen) atoms. The molecule has 1 nitrogen and oxygen atoms in total. The number of hydrogen-bond acceptors (Lipinski definition) is 1. The van der Waals surface area contributed by atoms with Crippen molar-refractivity contribution in [3.8, 4) is 0 Å². The summed E-state index contributed by atoms with van der Waals surface area (Å²) in [7, 11) is -2.00. The Hall–Kier alpha value is -2.24. The summed E-state index contributed by atoms with van der Waals surface area (Å²) in [5.41, 5.74) is -0.166. The average Bonchev–Trinajstić information content (AvgIpc) is 3.14. The molecule has 0 saturated heterocycles. The number of ketones is 1. The summed E-state index contributed by atoms with van der Waals surface area (Å²) in [5.74, 6) is 1.05. The monoisotopic (exact) mass is 413 g/mol. The molecule has 3 aromatic rings. The van der Waals surface area contributed by atoms with Gasteiger partial charge in [-0.25, -0.2) is 0 Å². The molecule has 2 fully saturated rings. The normalized spacial score (nSPS) is 24.9. The van der Waals surface area contributed by atoms with Crippen molar-refractivity contribution in [1.82, 2.24) is 0 Å². The first-order valence-corrected chi connectivity index (χ1v) is 13.1. The third-order valence-corrected chi connectivity index (χ3v) is 12.8. The molecule has 0 aliphatic heterocycles. The van der Waals surface area contributed by atoms with E-state index in [1.807, 2.05) is 0 Å². The molecule has 0 spiro atoms. The van der Waals surface area contributed by atoms with Gasteiger partial charge in [0, 0.05) is 6.42 Å². The molecule has 0 amide bonds. The Morgan fingerprint density at radius 1 is 0.767 bits per heavy atom. The fourth-order valence-corrected chi connectivity index (χ4v) is 11.4. The molecule has 152 valence electrons. The lowest BCUT2D eigenvalue weighted by Gasteiger charge is -2.41. The van der Waals surface area contributed by atoms with Crippen LogP contribution >= 0.6 is 7.26 Å². The standard InChI is InChI=1S/C28H30OP/c1-27(2)22-18-19-28(27,26(29)20-22)21-30(23-12-6-3-7-13-23,24-14-8-4-9-15-24)25-16-10-5-11-17-25/h3-17,22H,18-21H2,1-2H3/q+1/t22-,28+/m0/s1. The van der Waals surface area contributed by atoms with Crippen LogP contribution in [-0.4, -0.2) is 11.9 Å². The second-order valence-corrected chi connectivity index (χ2v) is 13.1. The van der Waals surface area contributed by atoms with Gasteiger partial charge < -0.3 is 0 Å². The Bertz CT molecular complexity index is 945. The molecule has 5 rings (SSSR count). The third-order valence-electron chi connectivity index (χ3n) is 8.24. The highest BCUT2D eigenvalue weighted by molar-refractivity contribution is 7.95. The van der Waals surface area contributed by atoms with Crippen molar-refractivity contribution in [3.63, 3.8) is 0 Å². The van der Waals surface area contributed by atoms with Crippen LogP contribution in [-0.2, 0) is 4.79 Å². The first-order chi connectivity index (χ1) is 14.5. The SMILES string of the molecule is CC1(C)[C@H]2CC[C@@]1(C[P+](c1ccccc1)(c1ccccc1)c1ccccc1)C(=O)C2. The molecular weight excluding hydrogens is 383 g/mol. The summed E-state index contributed by atoms with van der Waals surface area (Å²) in [5, 5.41) is 4.15. The van der Waals surface area contributed by atoms with Gasteiger partial charge in [-0.3, -0.25) is 4.79 Å². The maximum absolute atomic E-state index is 13.6. The van der Waals surface area contributed by atoms with Gasteiger partial charge in [-0.15, -0.1) is 0 Å². The second kappa shape index (κ2) is 7.17. The van der Waals surface area contributed by atoms with Crippen molar-refractivity contribution in [3.05, 3.63) is 91.0 Å². The number of fused-ring (bicyclic) bond motifs is 2. The van der Waals surface area contributed by atoms with Crippen LogP contribution in [0.5, 0.6) is 0 Å². The van der Waals surface area contributed by atoms with E-state index in [0.717, 1.165) is 19.0 Å². The van der Waals surface area contributed by atoms with Crippen molar-refractivity contribution in [1.29, 1.82) is 0 Å². The highest BCUT2D eigenvalue weighted by Gasteiger charge is 2.68. The number of rotatable bonds is 5. The van der Waals surface area contributed by atoms with E-state index in [-0.39, 0.29) is 10.8 Å². The van der Waals surface area contributed by atoms with Gasteiger partial charge in [-0.05, 0) is 60.6 Å². The molecule has 2 aliphatic carbocycles. The largest absolute Gasteiger partial charge is 0.299 e. The van der Waals surface area contributed by atoms with Crippen LogP contribution in [0, 0.1) is 16.7 Å². The van der Waals surface area contributed by atoms with Crippen LogP contribution in [0.25, 0.3) is 0 Å². The van der Waals surface area contributed by atoms with Gasteiger partial charge in [-0.1, -0.05) is 68.4 Å². The van der Waals surface area contributed by atoms with E-state index >= 15 is 0 Å². The Kier molecular flexibility index (Phi) is 4.71. The quantitative estimate of drug-likeness (QED) is 0.514. The number of carbonyl (C=O) groups is 1. The molecule has 0 N–H and O–H groups in total. The summed E-state index contributed by atoms with van der Waals surface area (Å²) in [6, 6.07) is 33.0. The summed E-state index contributed by atoms with van der Waals surface area (Å²) >= 11 is 0. The molecule has 0 aromatic heterocycles. The zero-order valence-corrected chi connectivity index (χ0v) is 18.8. The van der Waals surface area contributed by atoms with E-state index in [4.69, 9.17) is 0 Å². The van der Waals surface area contributed by atoms with Crippen LogP contribution in [0.3, 0.4) is 0 Å². The summed E-state index contributed by atoms with van der Waals surface area (Å²) < 4.78 is 0. The summed E-state index contributed by atoms with van der Waals surface area (Å²) in [6.45, 7) is 4.73. The van der Waals surface area contributed by atoms with E-state index in [2.05, 4.69) is 105 Å². The minimum absolute atomic E-state index is 0.0632. The minimum atomic E-state index is -2.00. The van der Waals surface area contributed by atoms with Crippen molar-refractivity contribution in [2.45, 2.75) is 33.1 Å². The van der Waals surface area contributed by atoms with E-state index in [1.54, 1.807) is 0 Å². The van der Waals surface area contributed by atoms with E-state index in [1.165, 1.54) is 22.3 Å². The van der Waals surface area contributed by atoms with Gasteiger partial charge in [0.1, 0.15) is 29.0 Å². The maximum Gasteiger partial charge on any atom is 0.143 e. The van der Waals surface area contributed by atoms with Crippen molar-refractivity contribution < 1.29 is 4.79 Å². The molecule has 2 bridgehead atoms. The first-order valence-electron chi connectivity index (χ1n) is 11.1. The van der Waals surface area contributed by atoms with Gasteiger partial charge in [-0.2, -0.15) is 0 Å². The van der Waals surface area contributed by atoms with Crippen LogP contribution in [0.1, 0.15) is 33.1 Å². The van der Waals surface area contributed by atoms with Gasteiger partial charge in [0.2, 0.25) is 0 Å². The fraction of sp³-hybridized carbons (Fsp3) is 0.321. The summed E-state index contributed by atoms with van der Waals surface area (Å²) in [4.78, 5) is 13.6. The lowest BCUT2D eigenvalue weighted by Crippen LogP contribution is -2.46. The molecule has 2 atom stereocenters. The zero-order chi connectivity index (χ0) is 20.8.